The summed E-state index contributed by atoms with van der Waals surface area (Å²) in [4.78, 5) is 10.9. The predicted molar refractivity (Wildman–Crippen MR) is 63.4 cm³/mol. The largest absolute Gasteiger partial charge is 0.481 e. The maximum Gasteiger partial charge on any atom is 0.304 e. The summed E-state index contributed by atoms with van der Waals surface area (Å²) in [5.41, 5.74) is 0.703. The quantitative estimate of drug-likeness (QED) is 0.932. The highest BCUT2D eigenvalue weighted by Gasteiger charge is 2.49. The number of carboxylic acids is 1. The van der Waals surface area contributed by atoms with Gasteiger partial charge in [0.15, 0.2) is 11.5 Å². The summed E-state index contributed by atoms with van der Waals surface area (Å²) >= 11 is 3.42. The number of ether oxygens (including phenoxy) is 2. The van der Waals surface area contributed by atoms with Crippen LogP contribution in [0.5, 0.6) is 11.5 Å². The molecule has 0 unspecified atom stereocenters. The number of rotatable bonds is 3. The van der Waals surface area contributed by atoms with Crippen LogP contribution in [0.15, 0.2) is 16.6 Å². The highest BCUT2D eigenvalue weighted by Crippen LogP contribution is 2.57. The van der Waals surface area contributed by atoms with E-state index >= 15 is 0 Å². The van der Waals surface area contributed by atoms with Crippen molar-refractivity contribution in [1.29, 1.82) is 0 Å². The molecular weight excluding hydrogens is 288 g/mol. The SMILES string of the molecule is O=C(O)CC1(c2cc(Br)cc3c2OCO3)CC1. The molecule has 1 aromatic carbocycles. The number of carboxylic acid groups (broad SMARTS) is 1. The lowest BCUT2D eigenvalue weighted by molar-refractivity contribution is -0.137. The second kappa shape index (κ2) is 3.63. The first kappa shape index (κ1) is 10.9. The molecule has 2 aliphatic rings. The minimum absolute atomic E-state index is 0.152. The van der Waals surface area contributed by atoms with Crippen LogP contribution in [0.25, 0.3) is 0 Å². The zero-order valence-corrected chi connectivity index (χ0v) is 10.6. The van der Waals surface area contributed by atoms with E-state index in [0.29, 0.717) is 11.5 Å². The van der Waals surface area contributed by atoms with Crippen LogP contribution < -0.4 is 9.47 Å². The molecular formula is C12H11BrO4. The molecule has 1 saturated carbocycles. The third-order valence-corrected chi connectivity index (χ3v) is 3.81. The topological polar surface area (TPSA) is 55.8 Å². The first-order chi connectivity index (χ1) is 8.11. The number of carbonyl (C=O) groups is 1. The van der Waals surface area contributed by atoms with Crippen LogP contribution in [0.1, 0.15) is 24.8 Å². The van der Waals surface area contributed by atoms with E-state index in [4.69, 9.17) is 14.6 Å². The Morgan fingerprint density at radius 1 is 1.41 bits per heavy atom. The molecule has 17 heavy (non-hydrogen) atoms. The molecule has 0 amide bonds. The zero-order chi connectivity index (χ0) is 12.0. The monoisotopic (exact) mass is 298 g/mol. The predicted octanol–water partition coefficient (Wildman–Crippen LogP) is 2.68. The van der Waals surface area contributed by atoms with Crippen molar-refractivity contribution in [3.05, 3.63) is 22.2 Å². The van der Waals surface area contributed by atoms with E-state index in [2.05, 4.69) is 15.9 Å². The van der Waals surface area contributed by atoms with Gasteiger partial charge < -0.3 is 14.6 Å². The fraction of sp³-hybridized carbons (Fsp3) is 0.417. The normalized spacial score (nSPS) is 19.1. The summed E-state index contributed by atoms with van der Waals surface area (Å²) in [6, 6.07) is 3.80. The van der Waals surface area contributed by atoms with E-state index in [9.17, 15) is 4.79 Å². The maximum atomic E-state index is 10.9. The van der Waals surface area contributed by atoms with Gasteiger partial charge in [0.1, 0.15) is 0 Å². The maximum absolute atomic E-state index is 10.9. The fourth-order valence-corrected chi connectivity index (χ4v) is 2.79. The van der Waals surface area contributed by atoms with Crippen molar-refractivity contribution >= 4 is 21.9 Å². The van der Waals surface area contributed by atoms with Gasteiger partial charge in [0, 0.05) is 15.5 Å². The first-order valence-corrected chi connectivity index (χ1v) is 6.21. The lowest BCUT2D eigenvalue weighted by atomic mass is 9.91. The Hall–Kier alpha value is -1.23. The molecule has 1 N–H and O–H groups in total. The van der Waals surface area contributed by atoms with Crippen molar-refractivity contribution < 1.29 is 19.4 Å². The zero-order valence-electron chi connectivity index (χ0n) is 9.03. The number of aliphatic carboxylic acids is 1. The smallest absolute Gasteiger partial charge is 0.304 e. The molecule has 1 aromatic rings. The average Bonchev–Trinajstić information content (AvgIpc) is 2.87. The summed E-state index contributed by atoms with van der Waals surface area (Å²) in [6.07, 6.45) is 1.94. The van der Waals surface area contributed by atoms with E-state index in [1.54, 1.807) is 0 Å². The van der Waals surface area contributed by atoms with Gasteiger partial charge in [-0.05, 0) is 25.0 Å². The van der Waals surface area contributed by atoms with Crippen LogP contribution in [0.2, 0.25) is 0 Å². The number of halogens is 1. The summed E-state index contributed by atoms with van der Waals surface area (Å²) in [7, 11) is 0. The molecule has 0 radical (unpaired) electrons. The molecule has 0 spiro atoms. The van der Waals surface area contributed by atoms with E-state index in [0.717, 1.165) is 22.9 Å². The van der Waals surface area contributed by atoms with Crippen LogP contribution >= 0.6 is 15.9 Å². The van der Waals surface area contributed by atoms with Gasteiger partial charge in [-0.1, -0.05) is 15.9 Å². The lowest BCUT2D eigenvalue weighted by Gasteiger charge is -2.15. The van der Waals surface area contributed by atoms with Gasteiger partial charge in [0.25, 0.3) is 0 Å². The highest BCUT2D eigenvalue weighted by atomic mass is 79.9. The summed E-state index contributed by atoms with van der Waals surface area (Å²) in [6.45, 7) is 0.210. The molecule has 0 bridgehead atoms. The van der Waals surface area contributed by atoms with Crippen LogP contribution in [-0.4, -0.2) is 17.9 Å². The number of hydrogen-bond acceptors (Lipinski definition) is 3. The Bertz CT molecular complexity index is 494. The number of hydrogen-bond donors (Lipinski definition) is 1. The number of fused-ring (bicyclic) bond motifs is 1. The van der Waals surface area contributed by atoms with Crippen molar-refractivity contribution in [3.8, 4) is 11.5 Å². The van der Waals surface area contributed by atoms with Crippen molar-refractivity contribution in [2.24, 2.45) is 0 Å². The third-order valence-electron chi connectivity index (χ3n) is 3.35. The molecule has 0 atom stereocenters. The molecule has 4 nitrogen and oxygen atoms in total. The molecule has 0 aromatic heterocycles. The molecule has 1 aliphatic carbocycles. The van der Waals surface area contributed by atoms with Gasteiger partial charge in [-0.15, -0.1) is 0 Å². The van der Waals surface area contributed by atoms with Gasteiger partial charge in [-0.2, -0.15) is 0 Å². The van der Waals surface area contributed by atoms with Gasteiger partial charge in [0.05, 0.1) is 6.42 Å². The van der Waals surface area contributed by atoms with Crippen molar-refractivity contribution in [1.82, 2.24) is 0 Å². The minimum atomic E-state index is -0.768. The van der Waals surface area contributed by atoms with Crippen LogP contribution in [0.3, 0.4) is 0 Å². The summed E-state index contributed by atoms with van der Waals surface area (Å²) in [5, 5.41) is 8.98. The minimum Gasteiger partial charge on any atom is -0.481 e. The Morgan fingerprint density at radius 3 is 2.82 bits per heavy atom. The molecule has 5 heteroatoms. The summed E-state index contributed by atoms with van der Waals surface area (Å²) in [5.74, 6) is 0.646. The van der Waals surface area contributed by atoms with Crippen LogP contribution in [0.4, 0.5) is 0 Å². The van der Waals surface area contributed by atoms with Crippen molar-refractivity contribution in [2.75, 3.05) is 6.79 Å². The van der Waals surface area contributed by atoms with Crippen molar-refractivity contribution in [3.63, 3.8) is 0 Å². The van der Waals surface area contributed by atoms with Gasteiger partial charge in [-0.25, -0.2) is 0 Å². The Morgan fingerprint density at radius 2 is 2.18 bits per heavy atom. The standard InChI is InChI=1S/C12H11BrO4/c13-7-3-8(11-9(4-7)16-6-17-11)12(1-2-12)5-10(14)15/h3-4H,1-2,5-6H2,(H,14,15). The van der Waals surface area contributed by atoms with E-state index in [1.165, 1.54) is 0 Å². The van der Waals surface area contributed by atoms with Gasteiger partial charge >= 0.3 is 5.97 Å². The molecule has 1 fully saturated rings. The van der Waals surface area contributed by atoms with Gasteiger partial charge in [0.2, 0.25) is 6.79 Å². The Labute approximate surface area is 107 Å². The fourth-order valence-electron chi connectivity index (χ4n) is 2.35. The average molecular weight is 299 g/mol. The number of benzene rings is 1. The highest BCUT2D eigenvalue weighted by molar-refractivity contribution is 9.10. The lowest BCUT2D eigenvalue weighted by Crippen LogP contribution is -2.13. The second-order valence-electron chi connectivity index (χ2n) is 4.54. The third kappa shape index (κ3) is 1.78. The van der Waals surface area contributed by atoms with E-state index in [1.807, 2.05) is 12.1 Å². The summed E-state index contributed by atoms with van der Waals surface area (Å²) < 4.78 is 11.7. The van der Waals surface area contributed by atoms with Gasteiger partial charge in [-0.3, -0.25) is 4.79 Å². The molecule has 1 aliphatic heterocycles. The van der Waals surface area contributed by atoms with Crippen molar-refractivity contribution in [2.45, 2.75) is 24.7 Å². The van der Waals surface area contributed by atoms with Crippen LogP contribution in [0, 0.1) is 0 Å². The van der Waals surface area contributed by atoms with E-state index < -0.39 is 5.97 Å². The van der Waals surface area contributed by atoms with E-state index in [-0.39, 0.29) is 18.6 Å². The molecule has 3 rings (SSSR count). The molecule has 0 saturated heterocycles. The van der Waals surface area contributed by atoms with Crippen LogP contribution in [-0.2, 0) is 10.2 Å². The first-order valence-electron chi connectivity index (χ1n) is 5.42. The Balaban J connectivity index is 2.06. The molecule has 90 valence electrons. The second-order valence-corrected chi connectivity index (χ2v) is 5.45. The Kier molecular flexibility index (Phi) is 2.33. The molecule has 1 heterocycles.